The molecule has 0 bridgehead atoms. The van der Waals surface area contributed by atoms with Crippen LogP contribution in [-0.4, -0.2) is 34.6 Å². The number of pyridine rings is 1. The number of hydrogen-bond donors (Lipinski definition) is 3. The zero-order chi connectivity index (χ0) is 12.4. The van der Waals surface area contributed by atoms with Gasteiger partial charge < -0.3 is 15.7 Å². The minimum atomic E-state index is -1.03. The first-order chi connectivity index (χ1) is 8.06. The van der Waals surface area contributed by atoms with Crippen LogP contribution < -0.4 is 10.6 Å². The van der Waals surface area contributed by atoms with Gasteiger partial charge in [-0.25, -0.2) is 4.79 Å². The summed E-state index contributed by atoms with van der Waals surface area (Å²) in [7, 11) is 0. The number of aromatic carboxylic acids is 1. The first-order valence-corrected chi connectivity index (χ1v) is 5.29. The molecule has 1 aromatic rings. The maximum atomic E-state index is 11.0. The van der Waals surface area contributed by atoms with Crippen LogP contribution in [0.2, 0.25) is 0 Å². The van der Waals surface area contributed by atoms with Crippen molar-refractivity contribution in [2.24, 2.45) is 0 Å². The summed E-state index contributed by atoms with van der Waals surface area (Å²) in [5, 5.41) is 14.8. The zero-order valence-electron chi connectivity index (χ0n) is 9.36. The van der Waals surface area contributed by atoms with E-state index >= 15 is 0 Å². The van der Waals surface area contributed by atoms with E-state index in [0.29, 0.717) is 18.7 Å². The quantitative estimate of drug-likeness (QED) is 0.705. The van der Waals surface area contributed by atoms with Crippen molar-refractivity contribution in [3.05, 3.63) is 23.5 Å². The van der Waals surface area contributed by atoms with Crippen molar-refractivity contribution in [3.63, 3.8) is 0 Å². The summed E-state index contributed by atoms with van der Waals surface area (Å²) < 4.78 is 0. The fourth-order valence-electron chi connectivity index (χ4n) is 1.78. The number of anilines is 1. The highest BCUT2D eigenvalue weighted by Gasteiger charge is 2.22. The van der Waals surface area contributed by atoms with E-state index in [4.69, 9.17) is 5.11 Å². The first kappa shape index (κ1) is 11.4. The van der Waals surface area contributed by atoms with Gasteiger partial charge in [-0.15, -0.1) is 0 Å². The predicted octanol–water partition coefficient (Wildman–Crippen LogP) is 0.389. The Labute approximate surface area is 98.1 Å². The summed E-state index contributed by atoms with van der Waals surface area (Å²) in [6.45, 7) is 2.30. The summed E-state index contributed by atoms with van der Waals surface area (Å²) in [5.74, 6) is -1.05. The number of carboxylic acid groups (broad SMARTS) is 1. The molecular formula is C11H13N3O3. The lowest BCUT2D eigenvalue weighted by Gasteiger charge is -2.14. The Bertz CT molecular complexity index is 473. The fraction of sp³-hybridized carbons (Fsp3) is 0.364. The largest absolute Gasteiger partial charge is 0.478 e. The molecule has 1 unspecified atom stereocenters. The molecule has 6 heteroatoms. The van der Waals surface area contributed by atoms with E-state index < -0.39 is 5.97 Å². The van der Waals surface area contributed by atoms with Crippen LogP contribution in [-0.2, 0) is 4.79 Å². The number of hydrogen-bond acceptors (Lipinski definition) is 4. The van der Waals surface area contributed by atoms with Crippen molar-refractivity contribution in [1.82, 2.24) is 10.3 Å². The van der Waals surface area contributed by atoms with Gasteiger partial charge in [-0.05, 0) is 13.0 Å². The Morgan fingerprint density at radius 1 is 1.65 bits per heavy atom. The molecule has 1 aliphatic heterocycles. The predicted molar refractivity (Wildman–Crippen MR) is 61.0 cm³/mol. The second-order valence-electron chi connectivity index (χ2n) is 4.03. The van der Waals surface area contributed by atoms with Gasteiger partial charge in [-0.2, -0.15) is 0 Å². The maximum Gasteiger partial charge on any atom is 0.339 e. The number of aromatic nitrogens is 1. The molecule has 3 N–H and O–H groups in total. The summed E-state index contributed by atoms with van der Waals surface area (Å²) in [5.41, 5.74) is 1.36. The first-order valence-electron chi connectivity index (χ1n) is 5.29. The van der Waals surface area contributed by atoms with Crippen LogP contribution in [0, 0.1) is 6.92 Å². The number of aryl methyl sites for hydroxylation is 1. The van der Waals surface area contributed by atoms with E-state index in [2.05, 4.69) is 15.6 Å². The second-order valence-corrected chi connectivity index (χ2v) is 4.03. The van der Waals surface area contributed by atoms with E-state index in [0.717, 1.165) is 5.69 Å². The highest BCUT2D eigenvalue weighted by Crippen LogP contribution is 2.18. The molecule has 6 nitrogen and oxygen atoms in total. The fourth-order valence-corrected chi connectivity index (χ4v) is 1.78. The average molecular weight is 235 g/mol. The molecule has 1 aromatic heterocycles. The molecular weight excluding hydrogens is 222 g/mol. The van der Waals surface area contributed by atoms with E-state index in [9.17, 15) is 9.59 Å². The number of rotatable bonds is 3. The van der Waals surface area contributed by atoms with Gasteiger partial charge >= 0.3 is 5.97 Å². The van der Waals surface area contributed by atoms with Gasteiger partial charge in [0.2, 0.25) is 5.91 Å². The van der Waals surface area contributed by atoms with E-state index in [1.54, 1.807) is 13.0 Å². The van der Waals surface area contributed by atoms with Crippen molar-refractivity contribution in [2.75, 3.05) is 11.9 Å². The molecule has 1 aliphatic rings. The van der Waals surface area contributed by atoms with Crippen molar-refractivity contribution >= 4 is 17.6 Å². The third kappa shape index (κ3) is 2.52. The lowest BCUT2D eigenvalue weighted by atomic mass is 10.1. The molecule has 1 saturated heterocycles. The topological polar surface area (TPSA) is 91.3 Å². The van der Waals surface area contributed by atoms with Crippen molar-refractivity contribution in [1.29, 1.82) is 0 Å². The van der Waals surface area contributed by atoms with Crippen LogP contribution >= 0.6 is 0 Å². The Kier molecular flexibility index (Phi) is 2.95. The second kappa shape index (κ2) is 4.40. The third-order valence-electron chi connectivity index (χ3n) is 2.61. The number of nitrogens with one attached hydrogen (secondary N) is 2. The van der Waals surface area contributed by atoms with Gasteiger partial charge in [0.1, 0.15) is 5.56 Å². The van der Waals surface area contributed by atoms with Crippen molar-refractivity contribution in [3.8, 4) is 0 Å². The summed E-state index contributed by atoms with van der Waals surface area (Å²) in [4.78, 5) is 26.0. The van der Waals surface area contributed by atoms with Crippen LogP contribution in [0.15, 0.2) is 12.3 Å². The number of carbonyl (C=O) groups is 2. The van der Waals surface area contributed by atoms with Gasteiger partial charge in [0.05, 0.1) is 11.7 Å². The zero-order valence-corrected chi connectivity index (χ0v) is 9.36. The molecule has 0 aromatic carbocycles. The molecule has 1 amide bonds. The Balaban J connectivity index is 2.21. The van der Waals surface area contributed by atoms with Gasteiger partial charge in [0.15, 0.2) is 0 Å². The molecule has 90 valence electrons. The van der Waals surface area contributed by atoms with Crippen LogP contribution in [0.5, 0.6) is 0 Å². The Morgan fingerprint density at radius 2 is 2.41 bits per heavy atom. The highest BCUT2D eigenvalue weighted by atomic mass is 16.4. The van der Waals surface area contributed by atoms with E-state index in [-0.39, 0.29) is 17.5 Å². The minimum absolute atomic E-state index is 0.0230. The van der Waals surface area contributed by atoms with Gasteiger partial charge in [-0.3, -0.25) is 9.78 Å². The van der Waals surface area contributed by atoms with Crippen LogP contribution in [0.1, 0.15) is 22.5 Å². The molecule has 17 heavy (non-hydrogen) atoms. The highest BCUT2D eigenvalue weighted by molar-refractivity contribution is 5.94. The minimum Gasteiger partial charge on any atom is -0.478 e. The lowest BCUT2D eigenvalue weighted by Crippen LogP contribution is -2.23. The lowest BCUT2D eigenvalue weighted by molar-refractivity contribution is -0.119. The number of carboxylic acids is 1. The Morgan fingerprint density at radius 3 is 3.00 bits per heavy atom. The Hall–Kier alpha value is -2.11. The molecule has 0 aliphatic carbocycles. The smallest absolute Gasteiger partial charge is 0.339 e. The molecule has 0 spiro atoms. The van der Waals surface area contributed by atoms with Crippen LogP contribution in [0.25, 0.3) is 0 Å². The number of nitrogens with zero attached hydrogens (tertiary/aromatic N) is 1. The molecule has 1 atom stereocenters. The van der Waals surface area contributed by atoms with E-state index in [1.807, 2.05) is 0 Å². The SMILES string of the molecule is Cc1cc(NC2CNC(=O)C2)c(C(=O)O)cn1. The third-order valence-corrected chi connectivity index (χ3v) is 2.61. The molecule has 2 heterocycles. The van der Waals surface area contributed by atoms with E-state index in [1.165, 1.54) is 6.20 Å². The van der Waals surface area contributed by atoms with Gasteiger partial charge in [-0.1, -0.05) is 0 Å². The summed E-state index contributed by atoms with van der Waals surface area (Å²) >= 11 is 0. The maximum absolute atomic E-state index is 11.0. The molecule has 2 rings (SSSR count). The van der Waals surface area contributed by atoms with Crippen LogP contribution in [0.4, 0.5) is 5.69 Å². The molecule has 1 fully saturated rings. The standard InChI is InChI=1S/C11H13N3O3/c1-6-2-9(8(5-12-6)11(16)17)14-7-3-10(15)13-4-7/h2,5,7H,3-4H2,1H3,(H,12,14)(H,13,15)(H,16,17). The van der Waals surface area contributed by atoms with Crippen molar-refractivity contribution < 1.29 is 14.7 Å². The number of amides is 1. The summed E-state index contributed by atoms with van der Waals surface area (Å²) in [6.07, 6.45) is 1.69. The molecule has 0 radical (unpaired) electrons. The van der Waals surface area contributed by atoms with Crippen molar-refractivity contribution in [2.45, 2.75) is 19.4 Å². The monoisotopic (exact) mass is 235 g/mol. The van der Waals surface area contributed by atoms with Gasteiger partial charge in [0.25, 0.3) is 0 Å². The molecule has 0 saturated carbocycles. The van der Waals surface area contributed by atoms with Crippen LogP contribution in [0.3, 0.4) is 0 Å². The van der Waals surface area contributed by atoms with Gasteiger partial charge in [0, 0.05) is 24.9 Å². The summed E-state index contributed by atoms with van der Waals surface area (Å²) in [6, 6.07) is 1.61. The number of carbonyl (C=O) groups excluding carboxylic acids is 1. The normalized spacial score (nSPS) is 18.9. The average Bonchev–Trinajstić information content (AvgIpc) is 2.63.